The Hall–Kier alpha value is -0.370. The van der Waals surface area contributed by atoms with Crippen molar-refractivity contribution in [2.24, 2.45) is 11.8 Å². The maximum Gasteiger partial charge on any atom is 0.136 e. The van der Waals surface area contributed by atoms with E-state index in [0.29, 0.717) is 11.7 Å². The van der Waals surface area contributed by atoms with E-state index in [-0.39, 0.29) is 0 Å². The van der Waals surface area contributed by atoms with Gasteiger partial charge in [-0.1, -0.05) is 0 Å². The number of Topliss-reactive ketones (excluding diaryl/α,β-unsaturated/α-hetero) is 1. The number of ketones is 1. The van der Waals surface area contributed by atoms with Gasteiger partial charge in [0.1, 0.15) is 5.78 Å². The number of hydrogen-bond acceptors (Lipinski definition) is 2. The highest BCUT2D eigenvalue weighted by atomic mass is 16.1. The van der Waals surface area contributed by atoms with Crippen LogP contribution in [0.4, 0.5) is 0 Å². The molecule has 1 saturated heterocycles. The van der Waals surface area contributed by atoms with Crippen molar-refractivity contribution < 1.29 is 4.79 Å². The number of rotatable bonds is 3. The van der Waals surface area contributed by atoms with Crippen molar-refractivity contribution in [1.29, 1.82) is 0 Å². The molecule has 2 aliphatic carbocycles. The van der Waals surface area contributed by atoms with Crippen molar-refractivity contribution in [1.82, 2.24) is 4.90 Å². The number of fused-ring (bicyclic) bond motifs is 2. The second-order valence-electron chi connectivity index (χ2n) is 5.67. The predicted octanol–water partition coefficient (Wildman–Crippen LogP) is 2.23. The molecule has 2 saturated carbocycles. The summed E-state index contributed by atoms with van der Waals surface area (Å²) in [5.74, 6) is 1.96. The van der Waals surface area contributed by atoms with Crippen molar-refractivity contribution >= 4 is 5.78 Å². The molecule has 3 atom stereocenters. The normalized spacial score (nSPS) is 40.5. The summed E-state index contributed by atoms with van der Waals surface area (Å²) in [6.45, 7) is 2.52. The zero-order valence-electron chi connectivity index (χ0n) is 9.45. The Morgan fingerprint density at radius 1 is 1.27 bits per heavy atom. The molecule has 3 fully saturated rings. The van der Waals surface area contributed by atoms with Crippen molar-refractivity contribution in [3.05, 3.63) is 0 Å². The second kappa shape index (κ2) is 3.89. The molecular formula is C13H21NO. The van der Waals surface area contributed by atoms with E-state index in [4.69, 9.17) is 0 Å². The minimum absolute atomic E-state index is 0.420. The molecule has 0 amide bonds. The first-order valence-corrected chi connectivity index (χ1v) is 6.59. The number of likely N-dealkylation sites (tertiary alicyclic amines) is 1. The van der Waals surface area contributed by atoms with Gasteiger partial charge in [-0.2, -0.15) is 0 Å². The lowest BCUT2D eigenvalue weighted by Crippen LogP contribution is -2.34. The van der Waals surface area contributed by atoms with Crippen molar-refractivity contribution in [2.45, 2.75) is 51.0 Å². The largest absolute Gasteiger partial charge is 0.300 e. The standard InChI is InChI=1S/C13H21NO/c15-13-3-1-2-11(13)6-7-14-9-10-4-5-12(14)8-10/h10-12H,1-9H2. The number of nitrogens with zero attached hydrogens (tertiary/aromatic N) is 1. The highest BCUT2D eigenvalue weighted by Gasteiger charge is 2.37. The molecule has 2 heteroatoms. The summed E-state index contributed by atoms with van der Waals surface area (Å²) < 4.78 is 0. The first kappa shape index (κ1) is 9.83. The predicted molar refractivity (Wildman–Crippen MR) is 59.7 cm³/mol. The molecule has 0 aromatic carbocycles. The molecule has 0 aromatic heterocycles. The Labute approximate surface area is 92.0 Å². The minimum atomic E-state index is 0.420. The van der Waals surface area contributed by atoms with Crippen LogP contribution in [0.5, 0.6) is 0 Å². The van der Waals surface area contributed by atoms with Crippen molar-refractivity contribution in [3.8, 4) is 0 Å². The monoisotopic (exact) mass is 207 g/mol. The van der Waals surface area contributed by atoms with Crippen LogP contribution in [0.3, 0.4) is 0 Å². The van der Waals surface area contributed by atoms with Gasteiger partial charge >= 0.3 is 0 Å². The molecule has 3 rings (SSSR count). The summed E-state index contributed by atoms with van der Waals surface area (Å²) in [4.78, 5) is 14.2. The molecule has 2 bridgehead atoms. The molecule has 0 radical (unpaired) electrons. The zero-order valence-corrected chi connectivity index (χ0v) is 9.45. The maximum absolute atomic E-state index is 11.5. The number of hydrogen-bond donors (Lipinski definition) is 0. The quantitative estimate of drug-likeness (QED) is 0.707. The Bertz CT molecular complexity index is 263. The first-order valence-electron chi connectivity index (χ1n) is 6.59. The van der Waals surface area contributed by atoms with Gasteiger partial charge in [0.2, 0.25) is 0 Å². The molecule has 15 heavy (non-hydrogen) atoms. The molecule has 0 spiro atoms. The lowest BCUT2D eigenvalue weighted by atomic mass is 10.0. The summed E-state index contributed by atoms with van der Waals surface area (Å²) in [5.41, 5.74) is 0. The molecule has 0 aromatic rings. The van der Waals surface area contributed by atoms with E-state index >= 15 is 0 Å². The van der Waals surface area contributed by atoms with Crippen molar-refractivity contribution in [3.63, 3.8) is 0 Å². The highest BCUT2D eigenvalue weighted by Crippen LogP contribution is 2.37. The van der Waals surface area contributed by atoms with Gasteiger partial charge in [0.15, 0.2) is 0 Å². The summed E-state index contributed by atoms with van der Waals surface area (Å²) in [6.07, 6.45) is 8.64. The molecular weight excluding hydrogens is 186 g/mol. The Balaban J connectivity index is 1.48. The van der Waals surface area contributed by atoms with Crippen LogP contribution < -0.4 is 0 Å². The Morgan fingerprint density at radius 2 is 2.20 bits per heavy atom. The van der Waals surface area contributed by atoms with Crippen LogP contribution >= 0.6 is 0 Å². The van der Waals surface area contributed by atoms with Crippen LogP contribution in [0, 0.1) is 11.8 Å². The van der Waals surface area contributed by atoms with Crippen LogP contribution in [-0.4, -0.2) is 29.8 Å². The van der Waals surface area contributed by atoms with Crippen LogP contribution in [-0.2, 0) is 4.79 Å². The van der Waals surface area contributed by atoms with E-state index in [1.165, 1.54) is 38.8 Å². The summed E-state index contributed by atoms with van der Waals surface area (Å²) in [5, 5.41) is 0. The average Bonchev–Trinajstić information content (AvgIpc) is 2.90. The van der Waals surface area contributed by atoms with Gasteiger partial charge < -0.3 is 4.90 Å². The molecule has 0 N–H and O–H groups in total. The average molecular weight is 207 g/mol. The van der Waals surface area contributed by atoms with Gasteiger partial charge in [0.05, 0.1) is 0 Å². The fraction of sp³-hybridized carbons (Fsp3) is 0.923. The molecule has 1 heterocycles. The molecule has 1 aliphatic heterocycles. The minimum Gasteiger partial charge on any atom is -0.300 e. The highest BCUT2D eigenvalue weighted by molar-refractivity contribution is 5.82. The fourth-order valence-corrected chi connectivity index (χ4v) is 3.82. The molecule has 3 aliphatic rings. The van der Waals surface area contributed by atoms with E-state index in [1.54, 1.807) is 0 Å². The van der Waals surface area contributed by atoms with Crippen molar-refractivity contribution in [2.75, 3.05) is 13.1 Å². The van der Waals surface area contributed by atoms with Gasteiger partial charge in [-0.05, 0) is 51.0 Å². The smallest absolute Gasteiger partial charge is 0.136 e. The molecule has 84 valence electrons. The van der Waals surface area contributed by atoms with Gasteiger partial charge in [-0.15, -0.1) is 0 Å². The summed E-state index contributed by atoms with van der Waals surface area (Å²) in [7, 11) is 0. The van der Waals surface area contributed by atoms with Crippen LogP contribution in [0.1, 0.15) is 44.9 Å². The molecule has 3 unspecified atom stereocenters. The SMILES string of the molecule is O=C1CCCC1CCN1CC2CCC1C2. The van der Waals surface area contributed by atoms with Gasteiger partial charge in [0.25, 0.3) is 0 Å². The van der Waals surface area contributed by atoms with E-state index in [2.05, 4.69) is 4.90 Å². The first-order chi connectivity index (χ1) is 7.33. The number of carbonyl (C=O) groups excluding carboxylic acids is 1. The van der Waals surface area contributed by atoms with E-state index < -0.39 is 0 Å². The van der Waals surface area contributed by atoms with Gasteiger partial charge in [-0.3, -0.25) is 4.79 Å². The van der Waals surface area contributed by atoms with E-state index in [1.807, 2.05) is 0 Å². The van der Waals surface area contributed by atoms with E-state index in [9.17, 15) is 4.79 Å². The molecule has 2 nitrogen and oxygen atoms in total. The van der Waals surface area contributed by atoms with E-state index in [0.717, 1.165) is 31.2 Å². The zero-order chi connectivity index (χ0) is 10.3. The second-order valence-corrected chi connectivity index (χ2v) is 5.67. The third-order valence-corrected chi connectivity index (χ3v) is 4.72. The number of carbonyl (C=O) groups is 1. The topological polar surface area (TPSA) is 20.3 Å². The Morgan fingerprint density at radius 3 is 2.80 bits per heavy atom. The summed E-state index contributed by atoms with van der Waals surface area (Å²) in [6, 6.07) is 0.881. The third kappa shape index (κ3) is 1.84. The van der Waals surface area contributed by atoms with Crippen LogP contribution in [0.15, 0.2) is 0 Å². The van der Waals surface area contributed by atoms with Gasteiger partial charge in [0, 0.05) is 24.9 Å². The lowest BCUT2D eigenvalue weighted by molar-refractivity contribution is -0.120. The van der Waals surface area contributed by atoms with Crippen LogP contribution in [0.2, 0.25) is 0 Å². The van der Waals surface area contributed by atoms with Crippen LogP contribution in [0.25, 0.3) is 0 Å². The Kier molecular flexibility index (Phi) is 2.55. The summed E-state index contributed by atoms with van der Waals surface area (Å²) >= 11 is 0. The third-order valence-electron chi connectivity index (χ3n) is 4.72. The van der Waals surface area contributed by atoms with Gasteiger partial charge in [-0.25, -0.2) is 0 Å². The maximum atomic E-state index is 11.5. The number of piperidine rings is 1. The lowest BCUT2D eigenvalue weighted by Gasteiger charge is -2.27. The fourth-order valence-electron chi connectivity index (χ4n) is 3.82.